The van der Waals surface area contributed by atoms with Crippen LogP contribution in [0.25, 0.3) is 0 Å². The molecule has 0 aromatic carbocycles. The predicted molar refractivity (Wildman–Crippen MR) is 71.5 cm³/mol. The van der Waals surface area contributed by atoms with Crippen molar-refractivity contribution in [3.8, 4) is 0 Å². The van der Waals surface area contributed by atoms with Crippen LogP contribution in [0.3, 0.4) is 0 Å². The molecule has 0 N–H and O–H groups in total. The first-order chi connectivity index (χ1) is 9.24. The third-order valence-electron chi connectivity index (χ3n) is 3.21. The number of hydrogen-bond donors (Lipinski definition) is 0. The fourth-order valence-corrected chi connectivity index (χ4v) is 2.04. The molecule has 0 unspecified atom stereocenters. The average molecular weight is 263 g/mol. The van der Waals surface area contributed by atoms with Crippen molar-refractivity contribution in [3.05, 3.63) is 35.9 Å². The zero-order chi connectivity index (χ0) is 13.7. The van der Waals surface area contributed by atoms with Gasteiger partial charge >= 0.3 is 0 Å². The fraction of sp³-hybridized carbons (Fsp3) is 0.571. The molecule has 0 fully saturated rings. The number of hydrogen-bond acceptors (Lipinski definition) is 5. The lowest BCUT2D eigenvalue weighted by Crippen LogP contribution is -2.26. The topological polar surface area (TPSA) is 55.3 Å². The van der Waals surface area contributed by atoms with Crippen LogP contribution in [0.4, 0.5) is 0 Å². The van der Waals surface area contributed by atoms with E-state index in [1.807, 2.05) is 12.1 Å². The predicted octanol–water partition coefficient (Wildman–Crippen LogP) is 3.20. The number of rotatable bonds is 7. The van der Waals surface area contributed by atoms with Crippen molar-refractivity contribution in [2.75, 3.05) is 6.54 Å². The highest BCUT2D eigenvalue weighted by molar-refractivity contribution is 5.00. The van der Waals surface area contributed by atoms with E-state index in [1.165, 1.54) is 0 Å². The summed E-state index contributed by atoms with van der Waals surface area (Å²) in [6, 6.07) is 3.97. The Hall–Kier alpha value is -1.62. The van der Waals surface area contributed by atoms with Crippen LogP contribution in [0.15, 0.2) is 27.3 Å². The van der Waals surface area contributed by atoms with Gasteiger partial charge in [0.05, 0.1) is 18.8 Å². The highest BCUT2D eigenvalue weighted by atomic mass is 16.5. The molecule has 0 radical (unpaired) electrons. The minimum absolute atomic E-state index is 0.0909. The van der Waals surface area contributed by atoms with Crippen molar-refractivity contribution in [1.29, 1.82) is 0 Å². The molecule has 0 aliphatic carbocycles. The van der Waals surface area contributed by atoms with Gasteiger partial charge in [0.25, 0.3) is 0 Å². The van der Waals surface area contributed by atoms with Gasteiger partial charge in [0.15, 0.2) is 5.82 Å². The van der Waals surface area contributed by atoms with E-state index in [4.69, 9.17) is 8.94 Å². The summed E-state index contributed by atoms with van der Waals surface area (Å²) in [5, 5.41) is 4.00. The third-order valence-corrected chi connectivity index (χ3v) is 3.21. The first kappa shape index (κ1) is 13.8. The lowest BCUT2D eigenvalue weighted by atomic mass is 10.2. The Morgan fingerprint density at radius 1 is 1.37 bits per heavy atom. The van der Waals surface area contributed by atoms with Crippen molar-refractivity contribution >= 4 is 0 Å². The number of furan rings is 1. The smallest absolute Gasteiger partial charge is 0.243 e. The maximum absolute atomic E-state index is 5.39. The standard InChI is InChI=1S/C14H21N3O2/c1-4-7-13-15-14(19-16-13)11(3)17(5-2)10-12-8-6-9-18-12/h6,8-9,11H,4-5,7,10H2,1-3H3/t11-/m1/s1. The van der Waals surface area contributed by atoms with Crippen molar-refractivity contribution in [1.82, 2.24) is 15.0 Å². The quantitative estimate of drug-likeness (QED) is 0.767. The Morgan fingerprint density at radius 3 is 2.84 bits per heavy atom. The summed E-state index contributed by atoms with van der Waals surface area (Å²) in [4.78, 5) is 6.69. The Morgan fingerprint density at radius 2 is 2.21 bits per heavy atom. The monoisotopic (exact) mass is 263 g/mol. The second-order valence-corrected chi connectivity index (χ2v) is 4.62. The molecule has 2 aromatic heterocycles. The molecule has 2 rings (SSSR count). The molecule has 2 heterocycles. The lowest BCUT2D eigenvalue weighted by molar-refractivity contribution is 0.162. The Kier molecular flexibility index (Phi) is 4.74. The molecule has 0 amide bonds. The summed E-state index contributed by atoms with van der Waals surface area (Å²) in [7, 11) is 0. The number of aryl methyl sites for hydroxylation is 1. The Bertz CT molecular complexity index is 479. The van der Waals surface area contributed by atoms with E-state index in [1.54, 1.807) is 6.26 Å². The van der Waals surface area contributed by atoms with Crippen LogP contribution in [0.5, 0.6) is 0 Å². The average Bonchev–Trinajstić information content (AvgIpc) is 3.06. The molecule has 0 bridgehead atoms. The van der Waals surface area contributed by atoms with Gasteiger partial charge in [-0.05, 0) is 32.0 Å². The van der Waals surface area contributed by atoms with Crippen molar-refractivity contribution < 1.29 is 8.94 Å². The van der Waals surface area contributed by atoms with E-state index < -0.39 is 0 Å². The zero-order valence-corrected chi connectivity index (χ0v) is 11.8. The maximum atomic E-state index is 5.39. The zero-order valence-electron chi connectivity index (χ0n) is 11.8. The molecule has 104 valence electrons. The first-order valence-electron chi connectivity index (χ1n) is 6.83. The third kappa shape index (κ3) is 3.44. The summed E-state index contributed by atoms with van der Waals surface area (Å²) in [6.07, 6.45) is 3.58. The summed E-state index contributed by atoms with van der Waals surface area (Å²) in [5.41, 5.74) is 0. The minimum Gasteiger partial charge on any atom is -0.468 e. The van der Waals surface area contributed by atoms with Gasteiger partial charge in [-0.2, -0.15) is 4.98 Å². The van der Waals surface area contributed by atoms with Crippen molar-refractivity contribution in [2.24, 2.45) is 0 Å². The van der Waals surface area contributed by atoms with E-state index in [0.717, 1.165) is 37.5 Å². The summed E-state index contributed by atoms with van der Waals surface area (Å²) in [6.45, 7) is 7.94. The van der Waals surface area contributed by atoms with Gasteiger partial charge in [-0.15, -0.1) is 0 Å². The van der Waals surface area contributed by atoms with Gasteiger partial charge in [0.1, 0.15) is 5.76 Å². The van der Waals surface area contributed by atoms with E-state index in [-0.39, 0.29) is 6.04 Å². The second-order valence-electron chi connectivity index (χ2n) is 4.62. The highest BCUT2D eigenvalue weighted by Gasteiger charge is 2.21. The van der Waals surface area contributed by atoms with Gasteiger partial charge < -0.3 is 8.94 Å². The molecule has 0 saturated heterocycles. The van der Waals surface area contributed by atoms with Crippen LogP contribution in [-0.4, -0.2) is 21.6 Å². The second kappa shape index (κ2) is 6.52. The first-order valence-corrected chi connectivity index (χ1v) is 6.83. The minimum atomic E-state index is 0.0909. The van der Waals surface area contributed by atoms with Crippen LogP contribution in [0, 0.1) is 0 Å². The highest BCUT2D eigenvalue weighted by Crippen LogP contribution is 2.21. The molecule has 1 atom stereocenters. The molecule has 0 spiro atoms. The van der Waals surface area contributed by atoms with Gasteiger partial charge in [-0.3, -0.25) is 4.90 Å². The van der Waals surface area contributed by atoms with Gasteiger partial charge in [-0.25, -0.2) is 0 Å². The van der Waals surface area contributed by atoms with E-state index in [0.29, 0.717) is 5.89 Å². The largest absolute Gasteiger partial charge is 0.468 e. The van der Waals surface area contributed by atoms with Gasteiger partial charge in [0, 0.05) is 6.42 Å². The van der Waals surface area contributed by atoms with Gasteiger partial charge in [0.2, 0.25) is 5.89 Å². The van der Waals surface area contributed by atoms with Crippen molar-refractivity contribution in [3.63, 3.8) is 0 Å². The summed E-state index contributed by atoms with van der Waals surface area (Å²) >= 11 is 0. The van der Waals surface area contributed by atoms with Crippen LogP contribution in [0.1, 0.15) is 50.7 Å². The van der Waals surface area contributed by atoms with Crippen LogP contribution in [0.2, 0.25) is 0 Å². The Balaban J connectivity index is 2.04. The normalized spacial score (nSPS) is 13.1. The summed E-state index contributed by atoms with van der Waals surface area (Å²) < 4.78 is 10.7. The molecule has 19 heavy (non-hydrogen) atoms. The Labute approximate surface area is 113 Å². The van der Waals surface area contributed by atoms with Crippen LogP contribution < -0.4 is 0 Å². The lowest BCUT2D eigenvalue weighted by Gasteiger charge is -2.23. The maximum Gasteiger partial charge on any atom is 0.243 e. The van der Waals surface area contributed by atoms with E-state index in [9.17, 15) is 0 Å². The molecule has 5 nitrogen and oxygen atoms in total. The molecular formula is C14H21N3O2. The van der Waals surface area contributed by atoms with Crippen molar-refractivity contribution in [2.45, 2.75) is 46.2 Å². The molecule has 0 aliphatic rings. The SMILES string of the molecule is CCCc1noc([C@@H](C)N(CC)Cc2ccco2)n1. The molecule has 5 heteroatoms. The molecule has 0 saturated carbocycles. The number of nitrogens with zero attached hydrogens (tertiary/aromatic N) is 3. The number of aromatic nitrogens is 2. The molecule has 2 aromatic rings. The fourth-order valence-electron chi connectivity index (χ4n) is 2.04. The molecule has 0 aliphatic heterocycles. The van der Waals surface area contributed by atoms with Gasteiger partial charge in [-0.1, -0.05) is 19.0 Å². The van der Waals surface area contributed by atoms with E-state index in [2.05, 4.69) is 35.8 Å². The molecular weight excluding hydrogens is 242 g/mol. The summed E-state index contributed by atoms with van der Waals surface area (Å²) in [5.74, 6) is 2.41. The van der Waals surface area contributed by atoms with Crippen LogP contribution in [-0.2, 0) is 13.0 Å². The van der Waals surface area contributed by atoms with Crippen LogP contribution >= 0.6 is 0 Å². The van der Waals surface area contributed by atoms with E-state index >= 15 is 0 Å².